The Morgan fingerprint density at radius 2 is 1.60 bits per heavy atom. The van der Waals surface area contributed by atoms with Crippen molar-refractivity contribution in [1.82, 2.24) is 0 Å². The molecule has 0 aliphatic rings. The lowest BCUT2D eigenvalue weighted by Crippen LogP contribution is -2.17. The normalized spacial score (nSPS) is 11.4. The van der Waals surface area contributed by atoms with Gasteiger partial charge in [0.25, 0.3) is 0 Å². The summed E-state index contributed by atoms with van der Waals surface area (Å²) in [5.74, 6) is -0.435. The molecular formula is C14H10ClF3O2. The summed E-state index contributed by atoms with van der Waals surface area (Å²) < 4.78 is 40.2. The van der Waals surface area contributed by atoms with Gasteiger partial charge in [0.05, 0.1) is 11.6 Å². The molecule has 0 saturated heterocycles. The highest BCUT2D eigenvalue weighted by molar-refractivity contribution is 6.32. The average molecular weight is 303 g/mol. The molecule has 0 amide bonds. The molecule has 0 saturated carbocycles. The van der Waals surface area contributed by atoms with Crippen LogP contribution in [0.15, 0.2) is 42.5 Å². The van der Waals surface area contributed by atoms with Gasteiger partial charge in [0.15, 0.2) is 0 Å². The lowest BCUT2D eigenvalue weighted by molar-refractivity contribution is -0.274. The lowest BCUT2D eigenvalue weighted by Gasteiger charge is -2.11. The van der Waals surface area contributed by atoms with E-state index >= 15 is 0 Å². The van der Waals surface area contributed by atoms with E-state index in [9.17, 15) is 13.2 Å². The van der Waals surface area contributed by atoms with Crippen LogP contribution in [0.25, 0.3) is 11.1 Å². The molecule has 0 atom stereocenters. The quantitative estimate of drug-likeness (QED) is 0.910. The third-order valence-electron chi connectivity index (χ3n) is 2.63. The maximum absolute atomic E-state index is 12.1. The summed E-state index contributed by atoms with van der Waals surface area (Å²) in [5.41, 5.74) is 2.19. The van der Waals surface area contributed by atoms with Crippen molar-refractivity contribution in [3.8, 4) is 16.9 Å². The zero-order chi connectivity index (χ0) is 14.8. The van der Waals surface area contributed by atoms with Crippen molar-refractivity contribution in [2.24, 2.45) is 0 Å². The van der Waals surface area contributed by atoms with Crippen LogP contribution in [0.5, 0.6) is 5.75 Å². The van der Waals surface area contributed by atoms with Gasteiger partial charge in [-0.25, -0.2) is 0 Å². The third-order valence-corrected chi connectivity index (χ3v) is 2.92. The molecule has 2 aromatic carbocycles. The smallest absolute Gasteiger partial charge is 0.404 e. The summed E-state index contributed by atoms with van der Waals surface area (Å²) >= 11 is 5.78. The Hall–Kier alpha value is -1.72. The highest BCUT2D eigenvalue weighted by Gasteiger charge is 2.32. The van der Waals surface area contributed by atoms with Crippen LogP contribution < -0.4 is 4.74 Å². The maximum atomic E-state index is 12.1. The van der Waals surface area contributed by atoms with E-state index in [-0.39, 0.29) is 11.6 Å². The molecule has 0 bridgehead atoms. The molecule has 0 fully saturated rings. The molecule has 20 heavy (non-hydrogen) atoms. The van der Waals surface area contributed by atoms with Crippen LogP contribution in [0.1, 0.15) is 5.56 Å². The van der Waals surface area contributed by atoms with E-state index < -0.39 is 12.1 Å². The molecule has 0 unspecified atom stereocenters. The van der Waals surface area contributed by atoms with E-state index in [1.807, 2.05) is 0 Å². The summed E-state index contributed by atoms with van der Waals surface area (Å²) in [5, 5.41) is 8.82. The van der Waals surface area contributed by atoms with Gasteiger partial charge in [-0.15, -0.1) is 13.2 Å². The molecule has 0 spiro atoms. The second-order valence-electron chi connectivity index (χ2n) is 4.05. The minimum Gasteiger partial charge on any atom is -0.404 e. The van der Waals surface area contributed by atoms with E-state index in [1.54, 1.807) is 24.3 Å². The zero-order valence-electron chi connectivity index (χ0n) is 10.1. The molecule has 0 aliphatic heterocycles. The number of hydrogen-bond donors (Lipinski definition) is 1. The Balaban J connectivity index is 2.28. The van der Waals surface area contributed by atoms with E-state index in [0.717, 1.165) is 11.1 Å². The molecule has 2 nitrogen and oxygen atoms in total. The first kappa shape index (κ1) is 14.7. The van der Waals surface area contributed by atoms with Crippen molar-refractivity contribution < 1.29 is 23.0 Å². The topological polar surface area (TPSA) is 29.5 Å². The van der Waals surface area contributed by atoms with Gasteiger partial charge in [0.1, 0.15) is 5.75 Å². The van der Waals surface area contributed by atoms with Gasteiger partial charge in [-0.3, -0.25) is 0 Å². The van der Waals surface area contributed by atoms with Gasteiger partial charge < -0.3 is 9.84 Å². The van der Waals surface area contributed by atoms with Crippen LogP contribution >= 0.6 is 11.6 Å². The highest BCUT2D eigenvalue weighted by Crippen LogP contribution is 2.33. The first-order valence-corrected chi connectivity index (χ1v) is 6.02. The average Bonchev–Trinajstić information content (AvgIpc) is 2.40. The largest absolute Gasteiger partial charge is 0.573 e. The van der Waals surface area contributed by atoms with Crippen LogP contribution in [0.4, 0.5) is 13.2 Å². The Morgan fingerprint density at radius 3 is 2.10 bits per heavy atom. The predicted octanol–water partition coefficient (Wildman–Crippen LogP) is 4.40. The Labute approximate surface area is 118 Å². The standard InChI is InChI=1S/C14H10ClF3O2/c15-12-7-11(5-6-13(12)20-14(16,17)18)10-3-1-9(8-19)2-4-10/h1-7,19H,8H2. The number of ether oxygens (including phenoxy) is 1. The van der Waals surface area contributed by atoms with Crippen molar-refractivity contribution in [1.29, 1.82) is 0 Å². The van der Waals surface area contributed by atoms with Crippen molar-refractivity contribution >= 4 is 11.6 Å². The molecule has 2 rings (SSSR count). The molecule has 2 aromatic rings. The van der Waals surface area contributed by atoms with Crippen molar-refractivity contribution in [2.75, 3.05) is 0 Å². The number of aliphatic hydroxyl groups is 1. The van der Waals surface area contributed by atoms with Crippen LogP contribution in [-0.2, 0) is 6.61 Å². The fourth-order valence-electron chi connectivity index (χ4n) is 1.69. The Morgan fingerprint density at radius 1 is 1.00 bits per heavy atom. The number of alkyl halides is 3. The van der Waals surface area contributed by atoms with Crippen molar-refractivity contribution in [3.05, 3.63) is 53.1 Å². The van der Waals surface area contributed by atoms with E-state index in [4.69, 9.17) is 16.7 Å². The van der Waals surface area contributed by atoms with Gasteiger partial charge in [0, 0.05) is 0 Å². The Bertz CT molecular complexity index is 594. The summed E-state index contributed by atoms with van der Waals surface area (Å²) in [4.78, 5) is 0. The van der Waals surface area contributed by atoms with Gasteiger partial charge in [-0.1, -0.05) is 41.9 Å². The van der Waals surface area contributed by atoms with Gasteiger partial charge >= 0.3 is 6.36 Å². The van der Waals surface area contributed by atoms with Gasteiger partial charge in [0.2, 0.25) is 0 Å². The number of halogens is 4. The summed E-state index contributed by atoms with van der Waals surface area (Å²) in [6.45, 7) is -0.0700. The first-order chi connectivity index (χ1) is 9.39. The maximum Gasteiger partial charge on any atom is 0.573 e. The number of aliphatic hydroxyl groups excluding tert-OH is 1. The molecular weight excluding hydrogens is 293 g/mol. The molecule has 0 radical (unpaired) electrons. The van der Waals surface area contributed by atoms with Crippen LogP contribution in [0.3, 0.4) is 0 Å². The number of benzene rings is 2. The third kappa shape index (κ3) is 3.65. The molecule has 0 aromatic heterocycles. The summed E-state index contributed by atoms with van der Waals surface area (Å²) in [6.07, 6.45) is -4.77. The fourth-order valence-corrected chi connectivity index (χ4v) is 1.91. The van der Waals surface area contributed by atoms with E-state index in [2.05, 4.69) is 4.74 Å². The SMILES string of the molecule is OCc1ccc(-c2ccc(OC(F)(F)F)c(Cl)c2)cc1. The molecule has 6 heteroatoms. The predicted molar refractivity (Wildman–Crippen MR) is 69.5 cm³/mol. The second-order valence-corrected chi connectivity index (χ2v) is 4.46. The molecule has 0 heterocycles. The Kier molecular flexibility index (Phi) is 4.20. The summed E-state index contributed by atoms with van der Waals surface area (Å²) in [7, 11) is 0. The van der Waals surface area contributed by atoms with Crippen LogP contribution in [0, 0.1) is 0 Å². The lowest BCUT2D eigenvalue weighted by atomic mass is 10.0. The van der Waals surface area contributed by atoms with Gasteiger partial charge in [-0.2, -0.15) is 0 Å². The second kappa shape index (κ2) is 5.73. The number of rotatable bonds is 3. The first-order valence-electron chi connectivity index (χ1n) is 5.64. The highest BCUT2D eigenvalue weighted by atomic mass is 35.5. The molecule has 1 N–H and O–H groups in total. The van der Waals surface area contributed by atoms with E-state index in [1.165, 1.54) is 18.2 Å². The minimum absolute atomic E-state index is 0.0700. The van der Waals surface area contributed by atoms with Crippen LogP contribution in [-0.4, -0.2) is 11.5 Å². The van der Waals surface area contributed by atoms with Crippen LogP contribution in [0.2, 0.25) is 5.02 Å². The summed E-state index contributed by atoms with van der Waals surface area (Å²) in [6, 6.07) is 11.0. The van der Waals surface area contributed by atoms with E-state index in [0.29, 0.717) is 5.56 Å². The number of hydrogen-bond acceptors (Lipinski definition) is 2. The van der Waals surface area contributed by atoms with Crippen molar-refractivity contribution in [2.45, 2.75) is 13.0 Å². The minimum atomic E-state index is -4.77. The zero-order valence-corrected chi connectivity index (χ0v) is 10.9. The fraction of sp³-hybridized carbons (Fsp3) is 0.143. The van der Waals surface area contributed by atoms with Crippen molar-refractivity contribution in [3.63, 3.8) is 0 Å². The monoisotopic (exact) mass is 302 g/mol. The molecule has 0 aliphatic carbocycles. The van der Waals surface area contributed by atoms with Gasteiger partial charge in [-0.05, 0) is 28.8 Å². The molecule has 106 valence electrons.